The van der Waals surface area contributed by atoms with Gasteiger partial charge in [0.15, 0.2) is 0 Å². The molecule has 1 fully saturated rings. The summed E-state index contributed by atoms with van der Waals surface area (Å²) in [6.07, 6.45) is 7.26. The van der Waals surface area contributed by atoms with Crippen molar-refractivity contribution in [3.8, 4) is 5.75 Å². The molecule has 4 rings (SSSR count). The Labute approximate surface area is 176 Å². The van der Waals surface area contributed by atoms with Crippen LogP contribution in [0.5, 0.6) is 5.75 Å². The molecule has 0 radical (unpaired) electrons. The number of ether oxygens (including phenoxy) is 1. The smallest absolute Gasteiger partial charge is 0.257 e. The topological polar surface area (TPSA) is 67.3 Å². The minimum atomic E-state index is 0.00710. The molecule has 3 heterocycles. The average molecular weight is 402 g/mol. The van der Waals surface area contributed by atoms with E-state index in [0.29, 0.717) is 23.9 Å². The number of carbonyl (C=O) groups is 1. The lowest BCUT2D eigenvalue weighted by Crippen LogP contribution is -2.38. The van der Waals surface area contributed by atoms with E-state index in [2.05, 4.69) is 27.4 Å². The van der Waals surface area contributed by atoms with Gasteiger partial charge in [0.2, 0.25) is 0 Å². The largest absolute Gasteiger partial charge is 0.492 e. The van der Waals surface area contributed by atoms with Crippen LogP contribution in [0.15, 0.2) is 67.1 Å². The van der Waals surface area contributed by atoms with Crippen molar-refractivity contribution in [3.05, 3.63) is 78.2 Å². The van der Waals surface area contributed by atoms with Gasteiger partial charge in [-0.05, 0) is 67.6 Å². The van der Waals surface area contributed by atoms with E-state index >= 15 is 0 Å². The van der Waals surface area contributed by atoms with Gasteiger partial charge in [-0.1, -0.05) is 12.1 Å². The lowest BCUT2D eigenvalue weighted by atomic mass is 9.90. The van der Waals surface area contributed by atoms with Gasteiger partial charge in [-0.2, -0.15) is 0 Å². The third kappa shape index (κ3) is 4.43. The predicted molar refractivity (Wildman–Crippen MR) is 117 cm³/mol. The summed E-state index contributed by atoms with van der Waals surface area (Å²) in [7, 11) is 0. The maximum atomic E-state index is 13.3. The van der Waals surface area contributed by atoms with Crippen molar-refractivity contribution in [1.82, 2.24) is 14.9 Å². The van der Waals surface area contributed by atoms with E-state index in [1.165, 1.54) is 5.56 Å². The van der Waals surface area contributed by atoms with Crippen molar-refractivity contribution in [2.24, 2.45) is 0 Å². The van der Waals surface area contributed by atoms with E-state index in [-0.39, 0.29) is 5.91 Å². The summed E-state index contributed by atoms with van der Waals surface area (Å²) in [6.45, 7) is 3.98. The molecular weight excluding hydrogens is 376 g/mol. The first-order chi connectivity index (χ1) is 14.8. The number of benzene rings is 1. The number of hydrogen-bond acceptors (Lipinski definition) is 5. The molecule has 0 spiro atoms. The molecule has 154 valence electrons. The molecule has 6 heteroatoms. The molecule has 6 nitrogen and oxygen atoms in total. The van der Waals surface area contributed by atoms with Gasteiger partial charge in [0.25, 0.3) is 5.91 Å². The normalized spacial score (nSPS) is 14.4. The average Bonchev–Trinajstić information content (AvgIpc) is 2.81. The van der Waals surface area contributed by atoms with Crippen molar-refractivity contribution in [2.45, 2.75) is 25.7 Å². The fourth-order valence-electron chi connectivity index (χ4n) is 3.88. The van der Waals surface area contributed by atoms with Crippen LogP contribution in [0.25, 0.3) is 0 Å². The number of amides is 1. The van der Waals surface area contributed by atoms with Gasteiger partial charge in [-0.3, -0.25) is 9.78 Å². The molecule has 0 bridgehead atoms. The zero-order valence-corrected chi connectivity index (χ0v) is 17.1. The summed E-state index contributed by atoms with van der Waals surface area (Å²) < 4.78 is 5.69. The van der Waals surface area contributed by atoms with Gasteiger partial charge in [0, 0.05) is 31.7 Å². The Morgan fingerprint density at radius 2 is 1.83 bits per heavy atom. The fraction of sp³-hybridized carbons (Fsp3) is 0.292. The Kier molecular flexibility index (Phi) is 6.23. The number of nitrogens with zero attached hydrogens (tertiary/aromatic N) is 3. The second-order valence-corrected chi connectivity index (χ2v) is 7.30. The molecule has 0 aliphatic carbocycles. The van der Waals surface area contributed by atoms with Crippen LogP contribution in [0.1, 0.15) is 41.6 Å². The second-order valence-electron chi connectivity index (χ2n) is 7.30. The minimum Gasteiger partial charge on any atom is -0.492 e. The predicted octanol–water partition coefficient (Wildman–Crippen LogP) is 4.64. The van der Waals surface area contributed by atoms with Crippen molar-refractivity contribution >= 4 is 17.4 Å². The van der Waals surface area contributed by atoms with Crippen LogP contribution < -0.4 is 10.1 Å². The molecule has 1 aliphatic rings. The molecule has 3 aromatic rings. The summed E-state index contributed by atoms with van der Waals surface area (Å²) in [5.41, 5.74) is 2.67. The Bertz CT molecular complexity index is 985. The Morgan fingerprint density at radius 1 is 1.07 bits per heavy atom. The molecular formula is C24H26N4O2. The van der Waals surface area contributed by atoms with E-state index in [9.17, 15) is 4.79 Å². The van der Waals surface area contributed by atoms with Gasteiger partial charge < -0.3 is 15.0 Å². The summed E-state index contributed by atoms with van der Waals surface area (Å²) in [5, 5.41) is 3.29. The molecule has 1 N–H and O–H groups in total. The Hall–Kier alpha value is -3.41. The van der Waals surface area contributed by atoms with E-state index in [1.807, 2.05) is 54.5 Å². The fourth-order valence-corrected chi connectivity index (χ4v) is 3.88. The number of para-hydroxylation sites is 2. The number of likely N-dealkylation sites (tertiary alicyclic amines) is 1. The van der Waals surface area contributed by atoms with E-state index in [0.717, 1.165) is 37.4 Å². The zero-order chi connectivity index (χ0) is 20.8. The highest BCUT2D eigenvalue weighted by Gasteiger charge is 2.26. The zero-order valence-electron chi connectivity index (χ0n) is 17.1. The minimum absolute atomic E-state index is 0.00710. The quantitative estimate of drug-likeness (QED) is 0.651. The molecule has 30 heavy (non-hydrogen) atoms. The first-order valence-corrected chi connectivity index (χ1v) is 10.4. The number of carbonyl (C=O) groups excluding carboxylic acids is 1. The SMILES string of the molecule is CCOc1ccccc1Nc1ncccc1C(=O)N1CCC(c2ccncc2)CC1. The van der Waals surface area contributed by atoms with Crippen LogP contribution in [0.2, 0.25) is 0 Å². The van der Waals surface area contributed by atoms with Gasteiger partial charge in [-0.25, -0.2) is 4.98 Å². The highest BCUT2D eigenvalue weighted by molar-refractivity contribution is 5.99. The van der Waals surface area contributed by atoms with Gasteiger partial charge in [-0.15, -0.1) is 0 Å². The van der Waals surface area contributed by atoms with E-state index in [1.54, 1.807) is 12.3 Å². The number of aromatic nitrogens is 2. The summed E-state index contributed by atoms with van der Waals surface area (Å²) in [4.78, 5) is 23.7. The van der Waals surface area contributed by atoms with Crippen molar-refractivity contribution in [1.29, 1.82) is 0 Å². The van der Waals surface area contributed by atoms with Crippen LogP contribution in [0.3, 0.4) is 0 Å². The van der Waals surface area contributed by atoms with Crippen molar-refractivity contribution < 1.29 is 9.53 Å². The monoisotopic (exact) mass is 402 g/mol. The molecule has 1 aromatic carbocycles. The van der Waals surface area contributed by atoms with Crippen molar-refractivity contribution in [3.63, 3.8) is 0 Å². The third-order valence-corrected chi connectivity index (χ3v) is 5.44. The molecule has 0 saturated carbocycles. The number of piperidine rings is 1. The van der Waals surface area contributed by atoms with Gasteiger partial charge in [0.05, 0.1) is 17.9 Å². The third-order valence-electron chi connectivity index (χ3n) is 5.44. The van der Waals surface area contributed by atoms with Crippen LogP contribution >= 0.6 is 0 Å². The number of hydrogen-bond donors (Lipinski definition) is 1. The Balaban J connectivity index is 1.48. The lowest BCUT2D eigenvalue weighted by Gasteiger charge is -2.32. The number of nitrogens with one attached hydrogen (secondary N) is 1. The standard InChI is InChI=1S/C24H26N4O2/c1-2-30-22-8-4-3-7-21(22)27-23-20(6-5-13-26-23)24(29)28-16-11-19(12-17-28)18-9-14-25-15-10-18/h3-10,13-15,19H,2,11-12,16-17H2,1H3,(H,26,27). The van der Waals surface area contributed by atoms with Gasteiger partial charge in [0.1, 0.15) is 11.6 Å². The summed E-state index contributed by atoms with van der Waals surface area (Å²) >= 11 is 0. The first kappa shape index (κ1) is 19.9. The lowest BCUT2D eigenvalue weighted by molar-refractivity contribution is 0.0713. The highest BCUT2D eigenvalue weighted by Crippen LogP contribution is 2.31. The molecule has 1 saturated heterocycles. The van der Waals surface area contributed by atoms with E-state index < -0.39 is 0 Å². The van der Waals surface area contributed by atoms with E-state index in [4.69, 9.17) is 4.74 Å². The Morgan fingerprint density at radius 3 is 2.60 bits per heavy atom. The molecule has 1 amide bonds. The number of rotatable bonds is 6. The maximum Gasteiger partial charge on any atom is 0.257 e. The van der Waals surface area contributed by atoms with Crippen molar-refractivity contribution in [2.75, 3.05) is 25.0 Å². The van der Waals surface area contributed by atoms with Gasteiger partial charge >= 0.3 is 0 Å². The van der Waals surface area contributed by atoms with Crippen LogP contribution in [-0.4, -0.2) is 40.5 Å². The molecule has 0 atom stereocenters. The number of anilines is 2. The molecule has 0 unspecified atom stereocenters. The number of pyridine rings is 2. The highest BCUT2D eigenvalue weighted by atomic mass is 16.5. The van der Waals surface area contributed by atoms with Crippen LogP contribution in [0.4, 0.5) is 11.5 Å². The summed E-state index contributed by atoms with van der Waals surface area (Å²) in [5.74, 6) is 1.77. The summed E-state index contributed by atoms with van der Waals surface area (Å²) in [6, 6.07) is 15.5. The van der Waals surface area contributed by atoms with Crippen LogP contribution in [0, 0.1) is 0 Å². The van der Waals surface area contributed by atoms with Crippen LogP contribution in [-0.2, 0) is 0 Å². The second kappa shape index (κ2) is 9.39. The molecule has 2 aromatic heterocycles. The molecule has 1 aliphatic heterocycles. The first-order valence-electron chi connectivity index (χ1n) is 10.4. The maximum absolute atomic E-state index is 13.3.